The maximum Gasteiger partial charge on any atom is 0.290 e. The predicted octanol–water partition coefficient (Wildman–Crippen LogP) is 1.11. The molecule has 0 aliphatic carbocycles. The van der Waals surface area contributed by atoms with E-state index in [1.165, 1.54) is 6.20 Å². The van der Waals surface area contributed by atoms with E-state index in [0.29, 0.717) is 24.4 Å². The predicted molar refractivity (Wildman–Crippen MR) is 66.6 cm³/mol. The number of nitro groups is 1. The molecule has 2 N–H and O–H groups in total. The Kier molecular flexibility index (Phi) is 5.47. The number of nitrogens with one attached hydrogen (secondary N) is 1. The van der Waals surface area contributed by atoms with Gasteiger partial charge in [-0.05, 0) is 19.4 Å². The number of ether oxygens (including phenoxy) is 1. The molecular weight excluding hydrogens is 238 g/mol. The molecule has 0 bridgehead atoms. The summed E-state index contributed by atoms with van der Waals surface area (Å²) in [7, 11) is 1.57. The summed E-state index contributed by atoms with van der Waals surface area (Å²) in [6.07, 6.45) is 1.74. The standard InChI is InChI=1S/C11H17N3O4/c1-8-5-11(12-6-10(8)14(16)17)13-9(3-4-15)7-18-2/h5-6,9,15H,3-4,7H2,1-2H3,(H,12,13). The first-order chi connectivity index (χ1) is 8.58. The van der Waals surface area contributed by atoms with E-state index >= 15 is 0 Å². The van der Waals surface area contributed by atoms with E-state index in [1.54, 1.807) is 20.1 Å². The smallest absolute Gasteiger partial charge is 0.290 e. The highest BCUT2D eigenvalue weighted by Crippen LogP contribution is 2.19. The Morgan fingerprint density at radius 1 is 1.67 bits per heavy atom. The van der Waals surface area contributed by atoms with E-state index in [0.717, 1.165) is 0 Å². The van der Waals surface area contributed by atoms with Gasteiger partial charge in [0.1, 0.15) is 12.0 Å². The molecule has 0 aliphatic heterocycles. The second-order valence-electron chi connectivity index (χ2n) is 3.92. The maximum absolute atomic E-state index is 10.7. The Balaban J connectivity index is 2.77. The van der Waals surface area contributed by atoms with Crippen LogP contribution in [0.5, 0.6) is 0 Å². The summed E-state index contributed by atoms with van der Waals surface area (Å²) in [5.74, 6) is 0.536. The number of nitrogens with zero attached hydrogens (tertiary/aromatic N) is 2. The van der Waals surface area contributed by atoms with Crippen molar-refractivity contribution in [1.82, 2.24) is 4.98 Å². The minimum Gasteiger partial charge on any atom is -0.396 e. The second-order valence-corrected chi connectivity index (χ2v) is 3.92. The van der Waals surface area contributed by atoms with Crippen molar-refractivity contribution in [3.8, 4) is 0 Å². The van der Waals surface area contributed by atoms with Gasteiger partial charge in [-0.25, -0.2) is 4.98 Å². The monoisotopic (exact) mass is 255 g/mol. The number of hydrogen-bond acceptors (Lipinski definition) is 6. The third-order valence-corrected chi connectivity index (χ3v) is 2.48. The van der Waals surface area contributed by atoms with Gasteiger partial charge in [0.15, 0.2) is 0 Å². The number of aliphatic hydroxyl groups is 1. The van der Waals surface area contributed by atoms with Crippen LogP contribution in [0.25, 0.3) is 0 Å². The van der Waals surface area contributed by atoms with Gasteiger partial charge in [0.05, 0.1) is 17.6 Å². The van der Waals surface area contributed by atoms with Crippen LogP contribution in [0.1, 0.15) is 12.0 Å². The van der Waals surface area contributed by atoms with Gasteiger partial charge in [-0.1, -0.05) is 0 Å². The molecule has 0 saturated heterocycles. The van der Waals surface area contributed by atoms with Crippen molar-refractivity contribution in [1.29, 1.82) is 0 Å². The zero-order chi connectivity index (χ0) is 13.5. The van der Waals surface area contributed by atoms with Crippen LogP contribution in [-0.4, -0.2) is 41.4 Å². The lowest BCUT2D eigenvalue weighted by atomic mass is 10.2. The van der Waals surface area contributed by atoms with Crippen molar-refractivity contribution >= 4 is 11.5 Å². The largest absolute Gasteiger partial charge is 0.396 e. The van der Waals surface area contributed by atoms with Gasteiger partial charge in [0.25, 0.3) is 5.69 Å². The van der Waals surface area contributed by atoms with Crippen LogP contribution < -0.4 is 5.32 Å². The van der Waals surface area contributed by atoms with Crippen molar-refractivity contribution < 1.29 is 14.8 Å². The Hall–Kier alpha value is -1.73. The fourth-order valence-corrected chi connectivity index (χ4v) is 1.58. The molecule has 1 heterocycles. The minimum absolute atomic E-state index is 0.00833. The van der Waals surface area contributed by atoms with Crippen molar-refractivity contribution in [2.75, 3.05) is 25.6 Å². The number of aromatic nitrogens is 1. The summed E-state index contributed by atoms with van der Waals surface area (Å²) in [6.45, 7) is 2.12. The number of pyridine rings is 1. The quantitative estimate of drug-likeness (QED) is 0.559. The summed E-state index contributed by atoms with van der Waals surface area (Å²) >= 11 is 0. The van der Waals surface area contributed by atoms with E-state index in [1.807, 2.05) is 0 Å². The van der Waals surface area contributed by atoms with E-state index in [9.17, 15) is 10.1 Å². The molecule has 0 spiro atoms. The van der Waals surface area contributed by atoms with Crippen molar-refractivity contribution in [3.05, 3.63) is 27.9 Å². The topological polar surface area (TPSA) is 97.5 Å². The molecule has 7 nitrogen and oxygen atoms in total. The number of aryl methyl sites for hydroxylation is 1. The molecule has 1 aromatic heterocycles. The normalized spacial score (nSPS) is 12.2. The molecule has 1 rings (SSSR count). The van der Waals surface area contributed by atoms with Gasteiger partial charge in [-0.2, -0.15) is 0 Å². The number of anilines is 1. The summed E-state index contributed by atoms with van der Waals surface area (Å²) in [5, 5.41) is 22.6. The SMILES string of the molecule is COCC(CCO)Nc1cc(C)c([N+](=O)[O-])cn1. The van der Waals surface area contributed by atoms with Gasteiger partial charge in [0, 0.05) is 19.3 Å². The fourth-order valence-electron chi connectivity index (χ4n) is 1.58. The van der Waals surface area contributed by atoms with E-state index in [-0.39, 0.29) is 18.3 Å². The summed E-state index contributed by atoms with van der Waals surface area (Å²) < 4.78 is 5.01. The Morgan fingerprint density at radius 3 is 2.89 bits per heavy atom. The zero-order valence-corrected chi connectivity index (χ0v) is 10.4. The van der Waals surface area contributed by atoms with Gasteiger partial charge >= 0.3 is 0 Å². The van der Waals surface area contributed by atoms with Crippen LogP contribution >= 0.6 is 0 Å². The van der Waals surface area contributed by atoms with Gasteiger partial charge < -0.3 is 15.2 Å². The van der Waals surface area contributed by atoms with Crippen molar-refractivity contribution in [2.45, 2.75) is 19.4 Å². The average molecular weight is 255 g/mol. The number of methoxy groups -OCH3 is 1. The van der Waals surface area contributed by atoms with Crippen LogP contribution in [0.4, 0.5) is 11.5 Å². The van der Waals surface area contributed by atoms with Crippen LogP contribution in [-0.2, 0) is 4.74 Å². The molecule has 0 fully saturated rings. The molecule has 1 unspecified atom stereocenters. The highest BCUT2D eigenvalue weighted by molar-refractivity contribution is 5.47. The molecule has 1 atom stereocenters. The first-order valence-electron chi connectivity index (χ1n) is 5.55. The van der Waals surface area contributed by atoms with E-state index in [2.05, 4.69) is 10.3 Å². The first kappa shape index (κ1) is 14.3. The third kappa shape index (κ3) is 3.94. The van der Waals surface area contributed by atoms with Crippen LogP contribution in [0.2, 0.25) is 0 Å². The second kappa shape index (κ2) is 6.87. The number of hydrogen-bond donors (Lipinski definition) is 2. The van der Waals surface area contributed by atoms with Crippen molar-refractivity contribution in [3.63, 3.8) is 0 Å². The highest BCUT2D eigenvalue weighted by Gasteiger charge is 2.13. The van der Waals surface area contributed by atoms with Gasteiger partial charge in [0.2, 0.25) is 0 Å². The molecule has 0 amide bonds. The van der Waals surface area contributed by atoms with Gasteiger partial charge in [-0.3, -0.25) is 10.1 Å². The molecule has 0 radical (unpaired) electrons. The minimum atomic E-state index is -0.466. The summed E-state index contributed by atoms with van der Waals surface area (Å²) in [6, 6.07) is 1.53. The first-order valence-corrected chi connectivity index (χ1v) is 5.55. The molecule has 0 aromatic carbocycles. The summed E-state index contributed by atoms with van der Waals surface area (Å²) in [5.41, 5.74) is 0.531. The fraction of sp³-hybridized carbons (Fsp3) is 0.545. The average Bonchev–Trinajstić information content (AvgIpc) is 2.29. The number of rotatable bonds is 7. The van der Waals surface area contributed by atoms with E-state index in [4.69, 9.17) is 9.84 Å². The lowest BCUT2D eigenvalue weighted by Gasteiger charge is -2.17. The Morgan fingerprint density at radius 2 is 2.39 bits per heavy atom. The third-order valence-electron chi connectivity index (χ3n) is 2.48. The maximum atomic E-state index is 10.7. The van der Waals surface area contributed by atoms with Crippen LogP contribution in [0.15, 0.2) is 12.3 Å². The van der Waals surface area contributed by atoms with Crippen molar-refractivity contribution in [2.24, 2.45) is 0 Å². The molecular formula is C11H17N3O4. The number of aliphatic hydroxyl groups excluding tert-OH is 1. The Bertz CT molecular complexity index is 405. The molecule has 1 aromatic rings. The van der Waals surface area contributed by atoms with Crippen LogP contribution in [0.3, 0.4) is 0 Å². The summed E-state index contributed by atoms with van der Waals surface area (Å²) in [4.78, 5) is 14.2. The molecule has 0 aliphatic rings. The van der Waals surface area contributed by atoms with Gasteiger partial charge in [-0.15, -0.1) is 0 Å². The molecule has 7 heteroatoms. The molecule has 0 saturated carbocycles. The molecule has 100 valence electrons. The zero-order valence-electron chi connectivity index (χ0n) is 10.4. The Labute approximate surface area is 105 Å². The highest BCUT2D eigenvalue weighted by atomic mass is 16.6. The lowest BCUT2D eigenvalue weighted by Crippen LogP contribution is -2.26. The van der Waals surface area contributed by atoms with E-state index < -0.39 is 4.92 Å². The molecule has 18 heavy (non-hydrogen) atoms. The van der Waals surface area contributed by atoms with Crippen LogP contribution in [0, 0.1) is 17.0 Å². The lowest BCUT2D eigenvalue weighted by molar-refractivity contribution is -0.385.